The summed E-state index contributed by atoms with van der Waals surface area (Å²) in [7, 11) is -3.37. The molecule has 2 bridgehead atoms. The number of rotatable bonds is 3. The zero-order valence-corrected chi connectivity index (χ0v) is 17.2. The van der Waals surface area contributed by atoms with E-state index in [0.29, 0.717) is 19.4 Å². The number of nitrogens with one attached hydrogen (secondary N) is 1. The maximum atomic E-state index is 12.8. The van der Waals surface area contributed by atoms with Crippen LogP contribution in [0.4, 0.5) is 4.79 Å². The highest BCUT2D eigenvalue weighted by molar-refractivity contribution is 7.88. The molecule has 0 aromatic carbocycles. The molecule has 3 saturated carbocycles. The van der Waals surface area contributed by atoms with Crippen molar-refractivity contribution < 1.29 is 27.5 Å². The Kier molecular flexibility index (Phi) is 5.68. The summed E-state index contributed by atoms with van der Waals surface area (Å²) < 4.78 is 37.7. The average molecular weight is 415 g/mol. The first kappa shape index (κ1) is 20.1. The van der Waals surface area contributed by atoms with Gasteiger partial charge in [-0.1, -0.05) is 0 Å². The van der Waals surface area contributed by atoms with Gasteiger partial charge >= 0.3 is 6.09 Å². The van der Waals surface area contributed by atoms with E-state index in [9.17, 15) is 18.0 Å². The molecule has 158 valence electrons. The summed E-state index contributed by atoms with van der Waals surface area (Å²) in [6.07, 6.45) is 7.54. The predicted molar refractivity (Wildman–Crippen MR) is 101 cm³/mol. The standard InChI is InChI=1S/C19H30N2O6S/c1-28(24,25)20-17-9-8-15-16(17)10-26-14-6-4-13(5-7-14)21(12-2-3-12)19(23)27-11-18(15)22/h12-17,20H,2-11H2,1H3/t13?,14?,15?,16?,17-/m0/s1. The summed E-state index contributed by atoms with van der Waals surface area (Å²) in [5.74, 6) is -0.708. The van der Waals surface area contributed by atoms with Crippen molar-refractivity contribution in [1.29, 1.82) is 0 Å². The molecule has 3 aliphatic carbocycles. The lowest BCUT2D eigenvalue weighted by molar-refractivity contribution is -0.128. The van der Waals surface area contributed by atoms with Gasteiger partial charge in [-0.05, 0) is 51.4 Å². The predicted octanol–water partition coefficient (Wildman–Crippen LogP) is 1.44. The summed E-state index contributed by atoms with van der Waals surface area (Å²) in [5.41, 5.74) is 0. The fourth-order valence-electron chi connectivity index (χ4n) is 5.12. The molecule has 2 saturated heterocycles. The summed E-state index contributed by atoms with van der Waals surface area (Å²) in [6.45, 7) is 0.115. The Morgan fingerprint density at radius 3 is 2.21 bits per heavy atom. The van der Waals surface area contributed by atoms with Gasteiger partial charge in [0.25, 0.3) is 0 Å². The fourth-order valence-corrected chi connectivity index (χ4v) is 5.96. The normalized spacial score (nSPS) is 37.6. The number of ether oxygens (including phenoxy) is 2. The van der Waals surface area contributed by atoms with Gasteiger partial charge in [-0.15, -0.1) is 0 Å². The van der Waals surface area contributed by atoms with Crippen LogP contribution < -0.4 is 4.72 Å². The molecule has 0 spiro atoms. The summed E-state index contributed by atoms with van der Waals surface area (Å²) in [5, 5.41) is 0. The Bertz CT molecular complexity index is 714. The van der Waals surface area contributed by atoms with E-state index in [-0.39, 0.29) is 54.5 Å². The zero-order chi connectivity index (χ0) is 19.9. The van der Waals surface area contributed by atoms with Gasteiger partial charge in [0.2, 0.25) is 10.0 Å². The van der Waals surface area contributed by atoms with Gasteiger partial charge < -0.3 is 14.4 Å². The van der Waals surface area contributed by atoms with E-state index >= 15 is 0 Å². The smallest absolute Gasteiger partial charge is 0.410 e. The number of fused-ring (bicyclic) bond motifs is 7. The van der Waals surface area contributed by atoms with E-state index in [0.717, 1.165) is 44.8 Å². The van der Waals surface area contributed by atoms with Gasteiger partial charge in [-0.3, -0.25) is 4.79 Å². The Hall–Kier alpha value is -1.19. The van der Waals surface area contributed by atoms with Crippen LogP contribution in [0.2, 0.25) is 0 Å². The molecule has 2 aliphatic heterocycles. The number of sulfonamides is 1. The molecule has 5 fully saturated rings. The molecule has 8 nitrogen and oxygen atoms in total. The lowest BCUT2D eigenvalue weighted by Crippen LogP contribution is -2.45. The molecule has 2 heterocycles. The first-order valence-electron chi connectivity index (χ1n) is 10.4. The van der Waals surface area contributed by atoms with Crippen molar-refractivity contribution in [2.45, 2.75) is 75.6 Å². The van der Waals surface area contributed by atoms with Gasteiger partial charge in [0.1, 0.15) is 0 Å². The summed E-state index contributed by atoms with van der Waals surface area (Å²) >= 11 is 0. The minimum absolute atomic E-state index is 0.101. The maximum Gasteiger partial charge on any atom is 0.410 e. The van der Waals surface area contributed by atoms with Gasteiger partial charge in [0.15, 0.2) is 12.4 Å². The number of carbonyl (C=O) groups excluding carboxylic acids is 2. The van der Waals surface area contributed by atoms with Crippen LogP contribution in [-0.2, 0) is 24.3 Å². The molecule has 0 aromatic heterocycles. The van der Waals surface area contributed by atoms with E-state index in [1.807, 2.05) is 4.90 Å². The van der Waals surface area contributed by atoms with E-state index in [1.54, 1.807) is 0 Å². The fraction of sp³-hybridized carbons (Fsp3) is 0.895. The van der Waals surface area contributed by atoms with Crippen LogP contribution in [0.1, 0.15) is 51.4 Å². The van der Waals surface area contributed by atoms with Gasteiger partial charge in [0.05, 0.1) is 19.0 Å². The molecule has 2 unspecified atom stereocenters. The summed E-state index contributed by atoms with van der Waals surface area (Å²) in [4.78, 5) is 27.4. The van der Waals surface area contributed by atoms with E-state index in [2.05, 4.69) is 4.72 Å². The van der Waals surface area contributed by atoms with Crippen molar-refractivity contribution in [1.82, 2.24) is 9.62 Å². The van der Waals surface area contributed by atoms with Crippen molar-refractivity contribution in [3.63, 3.8) is 0 Å². The lowest BCUT2D eigenvalue weighted by atomic mass is 9.90. The number of hydrogen-bond acceptors (Lipinski definition) is 6. The number of hydrogen-bond donors (Lipinski definition) is 1. The highest BCUT2D eigenvalue weighted by Crippen LogP contribution is 2.38. The maximum absolute atomic E-state index is 12.8. The largest absolute Gasteiger partial charge is 0.441 e. The Labute approximate surface area is 166 Å². The molecule has 1 N–H and O–H groups in total. The SMILES string of the molecule is CS(=O)(=O)N[C@H]1CCC2C(=O)COC(=O)N(C3CC3)C3CCC(CC3)OCC21. The number of amides is 1. The number of nitrogens with zero attached hydrogens (tertiary/aromatic N) is 1. The third-order valence-electron chi connectivity index (χ3n) is 6.65. The van der Waals surface area contributed by atoms with Crippen LogP contribution in [-0.4, -0.2) is 68.9 Å². The molecule has 5 aliphatic rings. The third-order valence-corrected chi connectivity index (χ3v) is 7.38. The Balaban J connectivity index is 1.53. The van der Waals surface area contributed by atoms with Crippen molar-refractivity contribution in [2.75, 3.05) is 19.5 Å². The minimum Gasteiger partial charge on any atom is -0.441 e. The van der Waals surface area contributed by atoms with Gasteiger partial charge in [0, 0.05) is 30.0 Å². The Morgan fingerprint density at radius 2 is 1.61 bits per heavy atom. The van der Waals surface area contributed by atoms with Gasteiger partial charge in [-0.25, -0.2) is 17.9 Å². The van der Waals surface area contributed by atoms with E-state index < -0.39 is 10.0 Å². The minimum atomic E-state index is -3.37. The van der Waals surface area contributed by atoms with Crippen LogP contribution in [0.3, 0.4) is 0 Å². The van der Waals surface area contributed by atoms with Crippen LogP contribution in [0.15, 0.2) is 0 Å². The second kappa shape index (κ2) is 7.91. The van der Waals surface area contributed by atoms with Crippen molar-refractivity contribution in [3.8, 4) is 0 Å². The van der Waals surface area contributed by atoms with Crippen LogP contribution in [0, 0.1) is 11.8 Å². The lowest BCUT2D eigenvalue weighted by Gasteiger charge is -2.36. The molecular weight excluding hydrogens is 384 g/mol. The second-order valence-corrected chi connectivity index (χ2v) is 10.5. The molecule has 9 heteroatoms. The van der Waals surface area contributed by atoms with Crippen LogP contribution >= 0.6 is 0 Å². The molecule has 28 heavy (non-hydrogen) atoms. The molecule has 0 radical (unpaired) electrons. The van der Waals surface area contributed by atoms with Crippen LogP contribution in [0.5, 0.6) is 0 Å². The Morgan fingerprint density at radius 1 is 0.964 bits per heavy atom. The second-order valence-electron chi connectivity index (χ2n) is 8.77. The highest BCUT2D eigenvalue weighted by Gasteiger charge is 2.44. The number of Topliss-reactive ketones (excluding diaryl/α,β-unsaturated/α-hetero) is 1. The van der Waals surface area contributed by atoms with Crippen molar-refractivity contribution in [3.05, 3.63) is 0 Å². The van der Waals surface area contributed by atoms with Crippen LogP contribution in [0.25, 0.3) is 0 Å². The number of carbonyl (C=O) groups is 2. The monoisotopic (exact) mass is 414 g/mol. The molecule has 5 rings (SSSR count). The molecule has 0 aromatic rings. The molecule has 3 atom stereocenters. The average Bonchev–Trinajstić information content (AvgIpc) is 3.38. The highest BCUT2D eigenvalue weighted by atomic mass is 32.2. The van der Waals surface area contributed by atoms with Crippen molar-refractivity contribution in [2.24, 2.45) is 11.8 Å². The third kappa shape index (κ3) is 4.52. The quantitative estimate of drug-likeness (QED) is 0.750. The number of ketones is 1. The first-order chi connectivity index (χ1) is 13.3. The van der Waals surface area contributed by atoms with Crippen molar-refractivity contribution >= 4 is 21.9 Å². The van der Waals surface area contributed by atoms with E-state index in [1.165, 1.54) is 0 Å². The molecular formula is C19H30N2O6S. The zero-order valence-electron chi connectivity index (χ0n) is 16.3. The van der Waals surface area contributed by atoms with Gasteiger partial charge in [-0.2, -0.15) is 0 Å². The summed E-state index contributed by atoms with van der Waals surface area (Å²) in [6, 6.07) is 0.0942. The van der Waals surface area contributed by atoms with E-state index in [4.69, 9.17) is 9.47 Å². The topological polar surface area (TPSA) is 102 Å². The first-order valence-corrected chi connectivity index (χ1v) is 12.3. The molecule has 1 amide bonds.